The van der Waals surface area contributed by atoms with E-state index in [9.17, 15) is 18.4 Å². The Hall–Kier alpha value is -3.49. The van der Waals surface area contributed by atoms with Gasteiger partial charge in [-0.1, -0.05) is 66.7 Å². The van der Waals surface area contributed by atoms with Gasteiger partial charge in [-0.3, -0.25) is 13.9 Å². The van der Waals surface area contributed by atoms with Crippen molar-refractivity contribution in [1.82, 2.24) is 9.13 Å². The minimum Gasteiger partial charge on any atom is -0.322 e. The quantitative estimate of drug-likeness (QED) is 0.434. The van der Waals surface area contributed by atoms with Gasteiger partial charge in [0.05, 0.1) is 23.2 Å². The van der Waals surface area contributed by atoms with Crippen LogP contribution in [0.25, 0.3) is 11.1 Å². The lowest BCUT2D eigenvalue weighted by atomic mass is 10.1. The molecule has 1 unspecified atom stereocenters. The van der Waals surface area contributed by atoms with Gasteiger partial charge in [0.25, 0.3) is 5.56 Å². The molecule has 5 nitrogen and oxygen atoms in total. The number of hydrogen-bond donors (Lipinski definition) is 1. The average Bonchev–Trinajstić information content (AvgIpc) is 3.28. The molecule has 8 heteroatoms. The van der Waals surface area contributed by atoms with Crippen molar-refractivity contribution in [1.29, 1.82) is 0 Å². The number of benzene rings is 3. The van der Waals surface area contributed by atoms with Crippen LogP contribution >= 0.6 is 11.8 Å². The molecule has 1 aromatic heterocycles. The SMILES string of the molecule is N[C@@H](Cn1c(=O)c(-c2ccccc2F)c2n(c1=O)C(c1ccccc1F)CS2)c1ccccc1. The largest absolute Gasteiger partial charge is 0.332 e. The molecular formula is C26H21F2N3O2S. The molecule has 1 aliphatic heterocycles. The standard InChI is InChI=1S/C26H21F2N3O2S/c27-19-12-6-4-10-17(19)22-15-34-25-23(18-11-5-7-13-20(18)28)24(32)30(26(33)31(22)25)14-21(29)16-8-2-1-3-9-16/h1-13,21-22H,14-15,29H2/t21-,22?/m0/s1. The van der Waals surface area contributed by atoms with Gasteiger partial charge in [0, 0.05) is 22.9 Å². The summed E-state index contributed by atoms with van der Waals surface area (Å²) in [4.78, 5) is 27.3. The molecule has 0 bridgehead atoms. The molecule has 2 atom stereocenters. The second-order valence-corrected chi connectivity index (χ2v) is 9.10. The van der Waals surface area contributed by atoms with Crippen molar-refractivity contribution in [2.75, 3.05) is 5.75 Å². The Morgan fingerprint density at radius 3 is 2.26 bits per heavy atom. The molecule has 0 spiro atoms. The molecule has 2 N–H and O–H groups in total. The molecule has 1 aliphatic rings. The molecular weight excluding hydrogens is 456 g/mol. The first kappa shape index (κ1) is 22.3. The summed E-state index contributed by atoms with van der Waals surface area (Å²) in [6, 6.07) is 20.0. The highest BCUT2D eigenvalue weighted by atomic mass is 32.2. The van der Waals surface area contributed by atoms with Crippen molar-refractivity contribution in [3.8, 4) is 11.1 Å². The Bertz CT molecular complexity index is 1480. The van der Waals surface area contributed by atoms with E-state index in [-0.39, 0.29) is 17.7 Å². The number of nitrogens with two attached hydrogens (primary N) is 1. The molecule has 34 heavy (non-hydrogen) atoms. The molecule has 0 amide bonds. The van der Waals surface area contributed by atoms with Crippen molar-refractivity contribution in [2.24, 2.45) is 5.73 Å². The summed E-state index contributed by atoms with van der Waals surface area (Å²) in [5.74, 6) is -0.680. The molecule has 0 fully saturated rings. The Morgan fingerprint density at radius 2 is 1.56 bits per heavy atom. The Labute approximate surface area is 198 Å². The van der Waals surface area contributed by atoms with Gasteiger partial charge in [-0.15, -0.1) is 11.8 Å². The zero-order chi connectivity index (χ0) is 23.8. The van der Waals surface area contributed by atoms with Crippen molar-refractivity contribution >= 4 is 11.8 Å². The Balaban J connectivity index is 1.75. The summed E-state index contributed by atoms with van der Waals surface area (Å²) >= 11 is 1.25. The van der Waals surface area contributed by atoms with E-state index in [1.54, 1.807) is 24.3 Å². The van der Waals surface area contributed by atoms with E-state index in [0.29, 0.717) is 16.3 Å². The van der Waals surface area contributed by atoms with Crippen molar-refractivity contribution in [3.05, 3.63) is 122 Å². The molecule has 0 saturated carbocycles. The van der Waals surface area contributed by atoms with Crippen LogP contribution in [0.4, 0.5) is 8.78 Å². The minimum atomic E-state index is -0.640. The summed E-state index contributed by atoms with van der Waals surface area (Å²) in [7, 11) is 0. The van der Waals surface area contributed by atoms with E-state index in [0.717, 1.165) is 10.1 Å². The van der Waals surface area contributed by atoms with Crippen LogP contribution in [0.1, 0.15) is 23.2 Å². The number of aromatic nitrogens is 2. The molecule has 2 heterocycles. The van der Waals surface area contributed by atoms with E-state index >= 15 is 0 Å². The number of thioether (sulfide) groups is 1. The van der Waals surface area contributed by atoms with E-state index in [4.69, 9.17) is 5.73 Å². The molecule has 4 aromatic rings. The van der Waals surface area contributed by atoms with Gasteiger partial charge in [0.2, 0.25) is 0 Å². The molecule has 0 aliphatic carbocycles. The first-order chi connectivity index (χ1) is 16.5. The first-order valence-electron chi connectivity index (χ1n) is 10.8. The summed E-state index contributed by atoms with van der Waals surface area (Å²) in [6.45, 7) is -0.0991. The summed E-state index contributed by atoms with van der Waals surface area (Å²) in [5, 5.41) is 0.331. The zero-order valence-corrected chi connectivity index (χ0v) is 18.8. The topological polar surface area (TPSA) is 70.0 Å². The molecule has 0 radical (unpaired) electrons. The molecule has 0 saturated heterocycles. The number of fused-ring (bicyclic) bond motifs is 1. The van der Waals surface area contributed by atoms with E-state index in [2.05, 4.69) is 0 Å². The third kappa shape index (κ3) is 3.78. The predicted molar refractivity (Wildman–Crippen MR) is 129 cm³/mol. The monoisotopic (exact) mass is 477 g/mol. The van der Waals surface area contributed by atoms with Crippen LogP contribution in [0.15, 0.2) is 93.5 Å². The highest BCUT2D eigenvalue weighted by Gasteiger charge is 2.34. The van der Waals surface area contributed by atoms with Crippen LogP contribution in [0.3, 0.4) is 0 Å². The van der Waals surface area contributed by atoms with Crippen LogP contribution in [-0.2, 0) is 6.54 Å². The Kier molecular flexibility index (Phi) is 5.93. The number of rotatable bonds is 5. The maximum atomic E-state index is 14.8. The summed E-state index contributed by atoms with van der Waals surface area (Å²) in [5.41, 5.74) is 6.42. The third-order valence-corrected chi connectivity index (χ3v) is 7.19. The number of halogens is 2. The maximum absolute atomic E-state index is 14.8. The second kappa shape index (κ2) is 9.04. The summed E-state index contributed by atoms with van der Waals surface area (Å²) in [6.07, 6.45) is 0. The smallest absolute Gasteiger partial charge is 0.322 e. The molecule has 172 valence electrons. The van der Waals surface area contributed by atoms with Gasteiger partial charge in [-0.25, -0.2) is 13.6 Å². The van der Waals surface area contributed by atoms with Gasteiger partial charge >= 0.3 is 5.69 Å². The van der Waals surface area contributed by atoms with Crippen LogP contribution in [0.5, 0.6) is 0 Å². The lowest BCUT2D eigenvalue weighted by Crippen LogP contribution is -2.44. The van der Waals surface area contributed by atoms with Crippen molar-refractivity contribution in [3.63, 3.8) is 0 Å². The highest BCUT2D eigenvalue weighted by Crippen LogP contribution is 2.41. The fourth-order valence-electron chi connectivity index (χ4n) is 4.33. The second-order valence-electron chi connectivity index (χ2n) is 8.09. The lowest BCUT2D eigenvalue weighted by molar-refractivity contribution is 0.467. The highest BCUT2D eigenvalue weighted by molar-refractivity contribution is 7.99. The van der Waals surface area contributed by atoms with Gasteiger partial charge in [0.15, 0.2) is 0 Å². The molecule has 3 aromatic carbocycles. The van der Waals surface area contributed by atoms with Crippen LogP contribution in [0, 0.1) is 11.6 Å². The summed E-state index contributed by atoms with van der Waals surface area (Å²) < 4.78 is 32.0. The van der Waals surface area contributed by atoms with Gasteiger partial charge in [0.1, 0.15) is 11.6 Å². The lowest BCUT2D eigenvalue weighted by Gasteiger charge is -2.20. The van der Waals surface area contributed by atoms with E-state index in [1.165, 1.54) is 40.6 Å². The van der Waals surface area contributed by atoms with E-state index < -0.39 is 35.0 Å². The number of hydrogen-bond acceptors (Lipinski definition) is 4. The van der Waals surface area contributed by atoms with Crippen LogP contribution < -0.4 is 17.0 Å². The van der Waals surface area contributed by atoms with Crippen LogP contribution in [-0.4, -0.2) is 14.9 Å². The van der Waals surface area contributed by atoms with Gasteiger partial charge < -0.3 is 5.73 Å². The normalized spacial score (nSPS) is 15.8. The first-order valence-corrected chi connectivity index (χ1v) is 11.8. The zero-order valence-electron chi connectivity index (χ0n) is 18.0. The maximum Gasteiger partial charge on any atom is 0.332 e. The van der Waals surface area contributed by atoms with Crippen molar-refractivity contribution < 1.29 is 8.78 Å². The number of nitrogens with zero attached hydrogens (tertiary/aromatic N) is 2. The van der Waals surface area contributed by atoms with E-state index in [1.807, 2.05) is 30.3 Å². The molecule has 5 rings (SSSR count). The van der Waals surface area contributed by atoms with Gasteiger partial charge in [-0.2, -0.15) is 0 Å². The fourth-order valence-corrected chi connectivity index (χ4v) is 5.66. The third-order valence-electron chi connectivity index (χ3n) is 6.03. The average molecular weight is 478 g/mol. The van der Waals surface area contributed by atoms with Crippen molar-refractivity contribution in [2.45, 2.75) is 23.7 Å². The van der Waals surface area contributed by atoms with Crippen LogP contribution in [0.2, 0.25) is 0 Å². The van der Waals surface area contributed by atoms with Gasteiger partial charge in [-0.05, 0) is 17.7 Å². The minimum absolute atomic E-state index is 0.0850. The predicted octanol–water partition coefficient (Wildman–Crippen LogP) is 4.35. The fraction of sp³-hybridized carbons (Fsp3) is 0.154. The Morgan fingerprint density at radius 1 is 0.912 bits per heavy atom.